The second kappa shape index (κ2) is 6.31. The number of phenolic OH excluding ortho intramolecular Hbond substituents is 1. The van der Waals surface area contributed by atoms with Gasteiger partial charge in [0.2, 0.25) is 0 Å². The van der Waals surface area contributed by atoms with E-state index < -0.39 is 0 Å². The third-order valence-corrected chi connectivity index (χ3v) is 3.86. The van der Waals surface area contributed by atoms with E-state index in [1.807, 2.05) is 38.1 Å². The van der Waals surface area contributed by atoms with Crippen molar-refractivity contribution in [1.82, 2.24) is 0 Å². The van der Waals surface area contributed by atoms with E-state index in [0.29, 0.717) is 0 Å². The van der Waals surface area contributed by atoms with Crippen LogP contribution in [0.5, 0.6) is 11.5 Å². The Morgan fingerprint density at radius 3 is 2.10 bits per heavy atom. The molecule has 2 aromatic rings. The van der Waals surface area contributed by atoms with Crippen LogP contribution in [-0.4, -0.2) is 11.2 Å². The van der Waals surface area contributed by atoms with Gasteiger partial charge in [-0.05, 0) is 65.2 Å². The zero-order valence-corrected chi connectivity index (χ0v) is 13.5. The fourth-order valence-electron chi connectivity index (χ4n) is 2.09. The molecule has 1 atom stereocenters. The fourth-order valence-corrected chi connectivity index (χ4v) is 2.49. The first kappa shape index (κ1) is 14.9. The normalized spacial score (nSPS) is 12.4. The van der Waals surface area contributed by atoms with Gasteiger partial charge in [0.05, 0.1) is 10.6 Å². The molecule has 0 saturated carbocycles. The molecule has 0 aliphatic carbocycles. The van der Waals surface area contributed by atoms with Crippen molar-refractivity contribution >= 4 is 15.9 Å². The van der Waals surface area contributed by atoms with Gasteiger partial charge in [0.1, 0.15) is 11.5 Å². The van der Waals surface area contributed by atoms with Gasteiger partial charge in [0.15, 0.2) is 0 Å². The molecule has 3 heteroatoms. The van der Waals surface area contributed by atoms with Gasteiger partial charge in [0.25, 0.3) is 0 Å². The van der Waals surface area contributed by atoms with Gasteiger partial charge in [-0.15, -0.1) is 0 Å². The first-order valence-corrected chi connectivity index (χ1v) is 7.51. The lowest BCUT2D eigenvalue weighted by atomic mass is 9.93. The number of hydrogen-bond donors (Lipinski definition) is 1. The van der Waals surface area contributed by atoms with Crippen LogP contribution in [0.25, 0.3) is 0 Å². The third kappa shape index (κ3) is 3.54. The van der Waals surface area contributed by atoms with Crippen molar-refractivity contribution < 1.29 is 9.84 Å². The Labute approximate surface area is 128 Å². The van der Waals surface area contributed by atoms with Gasteiger partial charge in [-0.25, -0.2) is 0 Å². The molecule has 0 saturated heterocycles. The Kier molecular flexibility index (Phi) is 4.71. The van der Waals surface area contributed by atoms with E-state index in [1.165, 1.54) is 5.56 Å². The number of ether oxygens (including phenoxy) is 1. The summed E-state index contributed by atoms with van der Waals surface area (Å²) in [5.74, 6) is 1.42. The SMILES string of the molecule is CC(C)Oc1ccc(C(C)c2ccc(O)c(Br)c2)cc1. The zero-order valence-electron chi connectivity index (χ0n) is 11.9. The third-order valence-electron chi connectivity index (χ3n) is 3.22. The summed E-state index contributed by atoms with van der Waals surface area (Å²) >= 11 is 3.36. The Morgan fingerprint density at radius 1 is 0.950 bits per heavy atom. The molecule has 1 N–H and O–H groups in total. The Balaban J connectivity index is 2.20. The molecule has 0 spiro atoms. The number of hydrogen-bond acceptors (Lipinski definition) is 2. The van der Waals surface area contributed by atoms with Crippen LogP contribution in [-0.2, 0) is 0 Å². The number of benzene rings is 2. The minimum atomic E-state index is 0.186. The van der Waals surface area contributed by atoms with E-state index in [0.717, 1.165) is 15.8 Å². The first-order chi connectivity index (χ1) is 9.47. The average Bonchev–Trinajstić information content (AvgIpc) is 2.41. The molecule has 20 heavy (non-hydrogen) atoms. The summed E-state index contributed by atoms with van der Waals surface area (Å²) in [7, 11) is 0. The molecule has 0 amide bonds. The maximum Gasteiger partial charge on any atom is 0.129 e. The van der Waals surface area contributed by atoms with E-state index in [1.54, 1.807) is 6.07 Å². The summed E-state index contributed by atoms with van der Waals surface area (Å²) in [5.41, 5.74) is 2.38. The van der Waals surface area contributed by atoms with Crippen molar-refractivity contribution in [3.05, 3.63) is 58.1 Å². The van der Waals surface area contributed by atoms with Crippen molar-refractivity contribution in [3.63, 3.8) is 0 Å². The molecule has 0 fully saturated rings. The summed E-state index contributed by atoms with van der Waals surface area (Å²) < 4.78 is 6.37. The van der Waals surface area contributed by atoms with E-state index >= 15 is 0 Å². The molecule has 2 rings (SSSR count). The van der Waals surface area contributed by atoms with Crippen LogP contribution in [0.1, 0.15) is 37.8 Å². The maximum absolute atomic E-state index is 9.55. The van der Waals surface area contributed by atoms with Gasteiger partial charge < -0.3 is 9.84 Å². The Bertz CT molecular complexity index is 576. The molecule has 106 valence electrons. The van der Waals surface area contributed by atoms with Crippen molar-refractivity contribution in [2.24, 2.45) is 0 Å². The zero-order chi connectivity index (χ0) is 14.7. The lowest BCUT2D eigenvalue weighted by Gasteiger charge is -2.15. The van der Waals surface area contributed by atoms with Gasteiger partial charge in [-0.1, -0.05) is 25.1 Å². The standard InChI is InChI=1S/C17H19BrO2/c1-11(2)20-15-7-4-13(5-8-15)12(3)14-6-9-17(19)16(18)10-14/h4-12,19H,1-3H3. The number of aromatic hydroxyl groups is 1. The summed E-state index contributed by atoms with van der Waals surface area (Å²) in [5, 5.41) is 9.55. The quantitative estimate of drug-likeness (QED) is 0.843. The van der Waals surface area contributed by atoms with Crippen molar-refractivity contribution in [2.45, 2.75) is 32.8 Å². The van der Waals surface area contributed by atoms with E-state index in [-0.39, 0.29) is 17.8 Å². The molecular weight excluding hydrogens is 316 g/mol. The Hall–Kier alpha value is -1.48. The fraction of sp³-hybridized carbons (Fsp3) is 0.294. The summed E-state index contributed by atoms with van der Waals surface area (Å²) in [6.45, 7) is 6.19. The van der Waals surface area contributed by atoms with Crippen LogP contribution >= 0.6 is 15.9 Å². The highest BCUT2D eigenvalue weighted by Crippen LogP contribution is 2.31. The summed E-state index contributed by atoms with van der Waals surface area (Å²) in [6.07, 6.45) is 0.186. The molecule has 2 nitrogen and oxygen atoms in total. The number of halogens is 1. The van der Waals surface area contributed by atoms with Crippen molar-refractivity contribution in [1.29, 1.82) is 0 Å². The Morgan fingerprint density at radius 2 is 1.55 bits per heavy atom. The number of rotatable bonds is 4. The minimum Gasteiger partial charge on any atom is -0.507 e. The highest BCUT2D eigenvalue weighted by molar-refractivity contribution is 9.10. The smallest absolute Gasteiger partial charge is 0.129 e. The van der Waals surface area contributed by atoms with Gasteiger partial charge in [-0.2, -0.15) is 0 Å². The predicted molar refractivity (Wildman–Crippen MR) is 85.5 cm³/mol. The number of phenols is 1. The molecule has 0 bridgehead atoms. The minimum absolute atomic E-state index is 0.186. The molecule has 1 unspecified atom stereocenters. The van der Waals surface area contributed by atoms with Gasteiger partial charge in [-0.3, -0.25) is 0 Å². The van der Waals surface area contributed by atoms with Crippen LogP contribution in [0, 0.1) is 0 Å². The van der Waals surface area contributed by atoms with Crippen LogP contribution in [0.4, 0.5) is 0 Å². The second-order valence-corrected chi connectivity index (χ2v) is 6.02. The molecule has 0 heterocycles. The van der Waals surface area contributed by atoms with E-state index in [4.69, 9.17) is 4.74 Å². The van der Waals surface area contributed by atoms with Crippen LogP contribution in [0.15, 0.2) is 46.9 Å². The second-order valence-electron chi connectivity index (χ2n) is 5.17. The summed E-state index contributed by atoms with van der Waals surface area (Å²) in [6, 6.07) is 13.8. The molecule has 0 aliphatic heterocycles. The monoisotopic (exact) mass is 334 g/mol. The van der Waals surface area contributed by atoms with E-state index in [9.17, 15) is 5.11 Å². The van der Waals surface area contributed by atoms with Crippen molar-refractivity contribution in [3.8, 4) is 11.5 Å². The lowest BCUT2D eigenvalue weighted by Crippen LogP contribution is -2.05. The molecular formula is C17H19BrO2. The van der Waals surface area contributed by atoms with E-state index in [2.05, 4.69) is 35.0 Å². The molecule has 0 aromatic heterocycles. The maximum atomic E-state index is 9.55. The largest absolute Gasteiger partial charge is 0.507 e. The van der Waals surface area contributed by atoms with Crippen LogP contribution < -0.4 is 4.74 Å². The van der Waals surface area contributed by atoms with Gasteiger partial charge >= 0.3 is 0 Å². The van der Waals surface area contributed by atoms with Crippen LogP contribution in [0.2, 0.25) is 0 Å². The topological polar surface area (TPSA) is 29.5 Å². The molecule has 0 aliphatic rings. The molecule has 0 radical (unpaired) electrons. The van der Waals surface area contributed by atoms with Crippen molar-refractivity contribution in [2.75, 3.05) is 0 Å². The lowest BCUT2D eigenvalue weighted by molar-refractivity contribution is 0.242. The average molecular weight is 335 g/mol. The highest BCUT2D eigenvalue weighted by Gasteiger charge is 2.10. The summed E-state index contributed by atoms with van der Waals surface area (Å²) in [4.78, 5) is 0. The predicted octanol–water partition coefficient (Wildman–Crippen LogP) is 5.09. The highest BCUT2D eigenvalue weighted by atomic mass is 79.9. The van der Waals surface area contributed by atoms with Crippen LogP contribution in [0.3, 0.4) is 0 Å². The molecule has 2 aromatic carbocycles. The first-order valence-electron chi connectivity index (χ1n) is 6.72. The van der Waals surface area contributed by atoms with Gasteiger partial charge in [0, 0.05) is 5.92 Å².